The van der Waals surface area contributed by atoms with Gasteiger partial charge in [0.25, 0.3) is 6.71 Å². The first kappa shape index (κ1) is 39.0. The molecule has 7 aromatic carbocycles. The normalized spacial score (nSPS) is 19.9. The third kappa shape index (κ3) is 4.86. The van der Waals surface area contributed by atoms with Crippen molar-refractivity contribution in [3.05, 3.63) is 150 Å². The average Bonchev–Trinajstić information content (AvgIpc) is 4.02. The number of benzene rings is 7. The van der Waals surface area contributed by atoms with Crippen LogP contribution in [-0.4, -0.2) is 16.8 Å². The minimum atomic E-state index is -0.114. The number of nitrogens with zero attached hydrogens (tertiary/aromatic N) is 3. The first-order chi connectivity index (χ1) is 31.7. The standard InChI is InChI=1S/C60H54BN3OS/c1-57(2,3)35-25-28-44-41(31-35)59(7)29-13-14-30-60(59,8)64(44)37-26-27-42-46(34-37)62(45-21-16-23-50-53(45)38-17-9-11-22-49(38)65-50)47-32-36(58(4,5)6)33-48-54(47)61(42)43-20-15-19-40-52-39-18-10-12-24-51(39)66-56(52)63(48)55(40)43/h9-12,15-28,31-34H,13-14,29-30H2,1-8H3. The lowest BCUT2D eigenvalue weighted by atomic mass is 9.33. The second-order valence-corrected chi connectivity index (χ2v) is 23.5. The number of furan rings is 1. The van der Waals surface area contributed by atoms with Crippen LogP contribution in [-0.2, 0) is 16.2 Å². The van der Waals surface area contributed by atoms with Gasteiger partial charge >= 0.3 is 0 Å². The topological polar surface area (TPSA) is 24.6 Å². The molecule has 3 aliphatic heterocycles. The van der Waals surface area contributed by atoms with Crippen molar-refractivity contribution in [1.29, 1.82) is 0 Å². The van der Waals surface area contributed by atoms with E-state index in [1.54, 1.807) is 0 Å². The maximum Gasteiger partial charge on any atom is 0.252 e. The molecule has 0 spiro atoms. The van der Waals surface area contributed by atoms with Crippen molar-refractivity contribution in [3.63, 3.8) is 0 Å². The molecule has 10 aromatic rings. The Hall–Kier alpha value is -6.24. The number of rotatable bonds is 2. The molecule has 1 aliphatic carbocycles. The Labute approximate surface area is 391 Å². The van der Waals surface area contributed by atoms with Crippen LogP contribution in [0.2, 0.25) is 0 Å². The van der Waals surface area contributed by atoms with Crippen molar-refractivity contribution in [2.45, 2.75) is 103 Å². The van der Waals surface area contributed by atoms with Gasteiger partial charge in [-0.05, 0) is 118 Å². The number of thiophene rings is 1. The Balaban J connectivity index is 1.11. The minimum absolute atomic E-state index is 0.0172. The predicted molar refractivity (Wildman–Crippen MR) is 283 cm³/mol. The summed E-state index contributed by atoms with van der Waals surface area (Å²) >= 11 is 1.93. The Morgan fingerprint density at radius 3 is 2.14 bits per heavy atom. The largest absolute Gasteiger partial charge is 0.456 e. The maximum atomic E-state index is 6.69. The van der Waals surface area contributed by atoms with Gasteiger partial charge in [0.15, 0.2) is 0 Å². The smallest absolute Gasteiger partial charge is 0.252 e. The van der Waals surface area contributed by atoms with E-state index >= 15 is 0 Å². The van der Waals surface area contributed by atoms with Gasteiger partial charge in [-0.15, -0.1) is 11.3 Å². The van der Waals surface area contributed by atoms with E-state index in [0.29, 0.717) is 0 Å². The van der Waals surface area contributed by atoms with Crippen molar-refractivity contribution < 1.29 is 4.42 Å². The molecule has 0 radical (unpaired) electrons. The zero-order chi connectivity index (χ0) is 44.8. The highest BCUT2D eigenvalue weighted by atomic mass is 32.1. The van der Waals surface area contributed by atoms with Crippen LogP contribution in [0.1, 0.15) is 97.8 Å². The highest BCUT2D eigenvalue weighted by molar-refractivity contribution is 7.26. The Morgan fingerprint density at radius 1 is 0.576 bits per heavy atom. The van der Waals surface area contributed by atoms with Gasteiger partial charge in [-0.1, -0.05) is 140 Å². The van der Waals surface area contributed by atoms with E-state index in [0.717, 1.165) is 34.0 Å². The molecule has 66 heavy (non-hydrogen) atoms. The molecule has 2 unspecified atom stereocenters. The number of aromatic nitrogens is 1. The summed E-state index contributed by atoms with van der Waals surface area (Å²) in [5.41, 5.74) is 19.0. The number of anilines is 5. The molecule has 0 saturated heterocycles. The van der Waals surface area contributed by atoms with E-state index in [-0.39, 0.29) is 28.5 Å². The van der Waals surface area contributed by atoms with Gasteiger partial charge in [-0.2, -0.15) is 0 Å². The lowest BCUT2D eigenvalue weighted by molar-refractivity contribution is 0.195. The van der Waals surface area contributed by atoms with Gasteiger partial charge in [-0.3, -0.25) is 0 Å². The Morgan fingerprint density at radius 2 is 1.30 bits per heavy atom. The SMILES string of the molecule is CC(C)(C)c1cc2c3c(c1)-n1c4sc5ccccc5c4c4cccc(c41)B3c1ccc(N3c4ccc(C(C)(C)C)cc4C4(C)CCCCC34C)cc1N2c1cccc2oc3ccccc3c12. The third-order valence-corrected chi connectivity index (χ3v) is 18.0. The van der Waals surface area contributed by atoms with Crippen LogP contribution in [0.15, 0.2) is 138 Å². The van der Waals surface area contributed by atoms with Crippen molar-refractivity contribution in [1.82, 2.24) is 4.57 Å². The summed E-state index contributed by atoms with van der Waals surface area (Å²) < 4.78 is 10.7. The van der Waals surface area contributed by atoms with E-state index in [2.05, 4.69) is 203 Å². The molecule has 2 atom stereocenters. The molecule has 6 heteroatoms. The number of hydrogen-bond donors (Lipinski definition) is 0. The molecule has 14 rings (SSSR count). The monoisotopic (exact) mass is 875 g/mol. The fourth-order valence-corrected chi connectivity index (χ4v) is 14.5. The first-order valence-electron chi connectivity index (χ1n) is 24.2. The van der Waals surface area contributed by atoms with E-state index in [1.807, 2.05) is 11.3 Å². The van der Waals surface area contributed by atoms with Gasteiger partial charge < -0.3 is 18.8 Å². The van der Waals surface area contributed by atoms with E-state index in [9.17, 15) is 0 Å². The summed E-state index contributed by atoms with van der Waals surface area (Å²) in [7, 11) is 0. The second kappa shape index (κ2) is 12.8. The maximum absolute atomic E-state index is 6.69. The quantitative estimate of drug-likeness (QED) is 0.162. The van der Waals surface area contributed by atoms with E-state index in [1.165, 1.54) is 112 Å². The van der Waals surface area contributed by atoms with Crippen LogP contribution in [0.25, 0.3) is 58.8 Å². The molecule has 1 fully saturated rings. The first-order valence-corrected chi connectivity index (χ1v) is 25.0. The van der Waals surface area contributed by atoms with Crippen molar-refractivity contribution >= 4 is 116 Å². The summed E-state index contributed by atoms with van der Waals surface area (Å²) in [6.45, 7) is 19.4. The molecule has 324 valence electrons. The van der Waals surface area contributed by atoms with Gasteiger partial charge in [0, 0.05) is 60.1 Å². The second-order valence-electron chi connectivity index (χ2n) is 22.4. The van der Waals surface area contributed by atoms with E-state index < -0.39 is 0 Å². The van der Waals surface area contributed by atoms with Gasteiger partial charge in [0.1, 0.15) is 16.0 Å². The predicted octanol–water partition coefficient (Wildman–Crippen LogP) is 14.8. The zero-order valence-corrected chi connectivity index (χ0v) is 40.1. The summed E-state index contributed by atoms with van der Waals surface area (Å²) in [6.07, 6.45) is 4.84. The number of fused-ring (bicyclic) bond motifs is 15. The van der Waals surface area contributed by atoms with Crippen LogP contribution < -0.4 is 26.2 Å². The van der Waals surface area contributed by atoms with Gasteiger partial charge in [0.05, 0.1) is 22.1 Å². The highest BCUT2D eigenvalue weighted by Crippen LogP contribution is 2.62. The molecule has 4 aliphatic rings. The minimum Gasteiger partial charge on any atom is -0.456 e. The number of hydrogen-bond acceptors (Lipinski definition) is 4. The Bertz CT molecular complexity index is 3760. The van der Waals surface area contributed by atoms with Crippen molar-refractivity contribution in [2.75, 3.05) is 9.80 Å². The van der Waals surface area contributed by atoms with E-state index in [4.69, 9.17) is 4.42 Å². The molecular formula is C60H54BN3OS. The van der Waals surface area contributed by atoms with Crippen LogP contribution in [0.3, 0.4) is 0 Å². The molecule has 4 nitrogen and oxygen atoms in total. The molecule has 1 saturated carbocycles. The summed E-state index contributed by atoms with van der Waals surface area (Å²) in [5, 5.41) is 6.35. The molecule has 6 heterocycles. The molecule has 0 N–H and O–H groups in total. The zero-order valence-electron chi connectivity index (χ0n) is 39.3. The average molecular weight is 876 g/mol. The van der Waals surface area contributed by atoms with Crippen LogP contribution in [0, 0.1) is 0 Å². The number of para-hydroxylation sites is 2. The van der Waals surface area contributed by atoms with Crippen molar-refractivity contribution in [2.24, 2.45) is 0 Å². The third-order valence-electron chi connectivity index (χ3n) is 16.8. The van der Waals surface area contributed by atoms with Crippen LogP contribution >= 0.6 is 11.3 Å². The highest BCUT2D eigenvalue weighted by Gasteiger charge is 2.58. The molecule has 3 aromatic heterocycles. The molecule has 0 bridgehead atoms. The fourth-order valence-electron chi connectivity index (χ4n) is 13.3. The van der Waals surface area contributed by atoms with Gasteiger partial charge in [-0.25, -0.2) is 0 Å². The molecule has 0 amide bonds. The van der Waals surface area contributed by atoms with Gasteiger partial charge in [0.2, 0.25) is 0 Å². The van der Waals surface area contributed by atoms with Crippen molar-refractivity contribution in [3.8, 4) is 5.69 Å². The lowest BCUT2D eigenvalue weighted by Crippen LogP contribution is -2.60. The molecular weight excluding hydrogens is 822 g/mol. The summed E-state index contributed by atoms with van der Waals surface area (Å²) in [6, 6.07) is 51.5. The fraction of sp³-hybridized carbons (Fsp3) is 0.267. The van der Waals surface area contributed by atoms with Crippen LogP contribution in [0.4, 0.5) is 28.4 Å². The summed E-state index contributed by atoms with van der Waals surface area (Å²) in [5.74, 6) is 0. The lowest BCUT2D eigenvalue weighted by Gasteiger charge is -2.50. The van der Waals surface area contributed by atoms with Crippen LogP contribution in [0.5, 0.6) is 0 Å². The summed E-state index contributed by atoms with van der Waals surface area (Å²) in [4.78, 5) is 6.75. The Kier molecular flexibility index (Phi) is 7.56.